The van der Waals surface area contributed by atoms with Gasteiger partial charge < -0.3 is 10.6 Å². The number of benzene rings is 1. The Kier molecular flexibility index (Phi) is 12.4. The second kappa shape index (κ2) is 12.7. The molecule has 1 aromatic rings. The lowest BCUT2D eigenvalue weighted by atomic mass is 10.1. The summed E-state index contributed by atoms with van der Waals surface area (Å²) in [6.45, 7) is 3.42. The standard InChI is InChI=1S/C15H25ClN4O2S.HI/c1-3-23(21,22)20-10-5-9-18-15(17-2)19-11-8-13-6-4-7-14(16)12-13;/h4,6-7,12,20H,3,5,8-11H2,1-2H3,(H2,17,18,19);1H. The lowest BCUT2D eigenvalue weighted by Crippen LogP contribution is -2.39. The fourth-order valence-electron chi connectivity index (χ4n) is 1.86. The maximum absolute atomic E-state index is 11.3. The third-order valence-corrected chi connectivity index (χ3v) is 4.81. The average Bonchev–Trinajstić information content (AvgIpc) is 2.53. The van der Waals surface area contributed by atoms with Crippen LogP contribution in [-0.2, 0) is 16.4 Å². The number of nitrogens with one attached hydrogen (secondary N) is 3. The fourth-order valence-corrected chi connectivity index (χ4v) is 2.74. The van der Waals surface area contributed by atoms with Crippen molar-refractivity contribution in [3.8, 4) is 0 Å². The van der Waals surface area contributed by atoms with E-state index >= 15 is 0 Å². The van der Waals surface area contributed by atoms with Crippen LogP contribution in [0.5, 0.6) is 0 Å². The van der Waals surface area contributed by atoms with Crippen molar-refractivity contribution >= 4 is 51.6 Å². The van der Waals surface area contributed by atoms with Crippen molar-refractivity contribution in [1.82, 2.24) is 15.4 Å². The van der Waals surface area contributed by atoms with Gasteiger partial charge in [0.25, 0.3) is 0 Å². The van der Waals surface area contributed by atoms with Crippen LogP contribution in [0, 0.1) is 0 Å². The molecule has 0 aliphatic rings. The van der Waals surface area contributed by atoms with E-state index in [2.05, 4.69) is 20.3 Å². The number of rotatable bonds is 9. The van der Waals surface area contributed by atoms with E-state index in [0.29, 0.717) is 25.5 Å². The van der Waals surface area contributed by atoms with Gasteiger partial charge in [-0.1, -0.05) is 23.7 Å². The molecule has 0 atom stereocenters. The molecule has 138 valence electrons. The van der Waals surface area contributed by atoms with E-state index in [4.69, 9.17) is 11.6 Å². The highest BCUT2D eigenvalue weighted by molar-refractivity contribution is 14.0. The second-order valence-corrected chi connectivity index (χ2v) is 7.49. The largest absolute Gasteiger partial charge is 0.356 e. The summed E-state index contributed by atoms with van der Waals surface area (Å²) in [7, 11) is -1.41. The second-order valence-electron chi connectivity index (χ2n) is 4.96. The molecule has 24 heavy (non-hydrogen) atoms. The van der Waals surface area contributed by atoms with Crippen molar-refractivity contribution in [2.45, 2.75) is 19.8 Å². The minimum Gasteiger partial charge on any atom is -0.356 e. The number of nitrogens with zero attached hydrogens (tertiary/aromatic N) is 1. The summed E-state index contributed by atoms with van der Waals surface area (Å²) in [5.41, 5.74) is 1.16. The van der Waals surface area contributed by atoms with E-state index in [1.807, 2.05) is 24.3 Å². The zero-order chi connectivity index (χ0) is 17.1. The molecule has 9 heteroatoms. The van der Waals surface area contributed by atoms with Crippen LogP contribution >= 0.6 is 35.6 Å². The van der Waals surface area contributed by atoms with Gasteiger partial charge in [0.15, 0.2) is 5.96 Å². The van der Waals surface area contributed by atoms with E-state index in [0.717, 1.165) is 23.6 Å². The maximum atomic E-state index is 11.3. The average molecular weight is 489 g/mol. The molecule has 0 amide bonds. The molecule has 0 fully saturated rings. The molecular formula is C15H26ClIN4O2S. The summed E-state index contributed by atoms with van der Waals surface area (Å²) in [6, 6.07) is 7.76. The Bertz CT molecular complexity index is 611. The van der Waals surface area contributed by atoms with Crippen LogP contribution in [0.2, 0.25) is 5.02 Å². The van der Waals surface area contributed by atoms with E-state index in [1.54, 1.807) is 14.0 Å². The lowest BCUT2D eigenvalue weighted by molar-refractivity contribution is 0.579. The molecule has 0 bridgehead atoms. The van der Waals surface area contributed by atoms with Gasteiger partial charge >= 0.3 is 0 Å². The molecule has 6 nitrogen and oxygen atoms in total. The topological polar surface area (TPSA) is 82.6 Å². The molecule has 3 N–H and O–H groups in total. The first-order chi connectivity index (χ1) is 11.0. The van der Waals surface area contributed by atoms with Crippen molar-refractivity contribution in [2.75, 3.05) is 32.4 Å². The van der Waals surface area contributed by atoms with Gasteiger partial charge in [-0.2, -0.15) is 0 Å². The van der Waals surface area contributed by atoms with Gasteiger partial charge in [0.05, 0.1) is 5.75 Å². The Morgan fingerprint density at radius 1 is 1.21 bits per heavy atom. The summed E-state index contributed by atoms with van der Waals surface area (Å²) in [4.78, 5) is 4.13. The third kappa shape index (κ3) is 10.3. The van der Waals surface area contributed by atoms with Crippen molar-refractivity contribution in [1.29, 1.82) is 0 Å². The molecule has 0 aliphatic heterocycles. The number of sulfonamides is 1. The van der Waals surface area contributed by atoms with Crippen molar-refractivity contribution in [3.63, 3.8) is 0 Å². The predicted octanol–water partition coefficient (Wildman–Crippen LogP) is 1.99. The Hall–Kier alpha value is -0.580. The van der Waals surface area contributed by atoms with Gasteiger partial charge in [-0.15, -0.1) is 24.0 Å². The molecule has 1 rings (SSSR count). The lowest BCUT2D eigenvalue weighted by Gasteiger charge is -2.12. The Balaban J connectivity index is 0.00000529. The van der Waals surface area contributed by atoms with Gasteiger partial charge in [-0.25, -0.2) is 13.1 Å². The number of hydrogen-bond donors (Lipinski definition) is 3. The number of guanidine groups is 1. The van der Waals surface area contributed by atoms with Crippen LogP contribution in [0.15, 0.2) is 29.3 Å². The zero-order valence-corrected chi connectivity index (χ0v) is 17.9. The predicted molar refractivity (Wildman–Crippen MR) is 112 cm³/mol. The first kappa shape index (κ1) is 23.4. The first-order valence-electron chi connectivity index (χ1n) is 7.63. The van der Waals surface area contributed by atoms with E-state index in [-0.39, 0.29) is 29.7 Å². The minimum absolute atomic E-state index is 0. The number of halogens is 2. The molecule has 0 aliphatic carbocycles. The molecule has 0 aromatic heterocycles. The molecule has 1 aromatic carbocycles. The fraction of sp³-hybridized carbons (Fsp3) is 0.533. The minimum atomic E-state index is -3.11. The Morgan fingerprint density at radius 3 is 2.54 bits per heavy atom. The van der Waals surface area contributed by atoms with Crippen LogP contribution in [0.1, 0.15) is 18.9 Å². The van der Waals surface area contributed by atoms with Crippen LogP contribution in [-0.4, -0.2) is 46.8 Å². The van der Waals surface area contributed by atoms with E-state index in [9.17, 15) is 8.42 Å². The van der Waals surface area contributed by atoms with E-state index in [1.165, 1.54) is 0 Å². The smallest absolute Gasteiger partial charge is 0.211 e. The normalized spacial score (nSPS) is 11.7. The monoisotopic (exact) mass is 488 g/mol. The van der Waals surface area contributed by atoms with Gasteiger partial charge in [0, 0.05) is 31.7 Å². The Morgan fingerprint density at radius 2 is 1.92 bits per heavy atom. The van der Waals surface area contributed by atoms with Crippen LogP contribution in [0.25, 0.3) is 0 Å². The highest BCUT2D eigenvalue weighted by Crippen LogP contribution is 2.10. The van der Waals surface area contributed by atoms with Crippen molar-refractivity contribution in [2.24, 2.45) is 4.99 Å². The van der Waals surface area contributed by atoms with Crippen LogP contribution in [0.3, 0.4) is 0 Å². The van der Waals surface area contributed by atoms with Gasteiger partial charge in [-0.3, -0.25) is 4.99 Å². The molecule has 0 saturated heterocycles. The summed E-state index contributed by atoms with van der Waals surface area (Å²) in [5, 5.41) is 7.10. The number of hydrogen-bond acceptors (Lipinski definition) is 3. The highest BCUT2D eigenvalue weighted by Gasteiger charge is 2.04. The maximum Gasteiger partial charge on any atom is 0.211 e. The summed E-state index contributed by atoms with van der Waals surface area (Å²) < 4.78 is 25.1. The van der Waals surface area contributed by atoms with E-state index < -0.39 is 10.0 Å². The first-order valence-corrected chi connectivity index (χ1v) is 9.66. The molecular weight excluding hydrogens is 463 g/mol. The molecule has 0 unspecified atom stereocenters. The number of aliphatic imine (C=N–C) groups is 1. The Labute approximate surface area is 166 Å². The SMILES string of the molecule is CCS(=O)(=O)NCCCNC(=NC)NCCc1cccc(Cl)c1.I. The van der Waals surface area contributed by atoms with Crippen LogP contribution < -0.4 is 15.4 Å². The van der Waals surface area contributed by atoms with Gasteiger partial charge in [0.2, 0.25) is 10.0 Å². The highest BCUT2D eigenvalue weighted by atomic mass is 127. The summed E-state index contributed by atoms with van der Waals surface area (Å²) in [5.74, 6) is 0.804. The van der Waals surface area contributed by atoms with Crippen LogP contribution in [0.4, 0.5) is 0 Å². The molecule has 0 radical (unpaired) electrons. The quantitative estimate of drug-likeness (QED) is 0.215. The molecule has 0 saturated carbocycles. The zero-order valence-electron chi connectivity index (χ0n) is 14.0. The molecule has 0 heterocycles. The summed E-state index contributed by atoms with van der Waals surface area (Å²) >= 11 is 5.95. The summed E-state index contributed by atoms with van der Waals surface area (Å²) in [6.07, 6.45) is 1.53. The van der Waals surface area contributed by atoms with Crippen molar-refractivity contribution < 1.29 is 8.42 Å². The third-order valence-electron chi connectivity index (χ3n) is 3.17. The van der Waals surface area contributed by atoms with Crippen molar-refractivity contribution in [3.05, 3.63) is 34.9 Å². The van der Waals surface area contributed by atoms with Gasteiger partial charge in [0.1, 0.15) is 0 Å². The van der Waals surface area contributed by atoms with Gasteiger partial charge in [-0.05, 0) is 37.5 Å². The molecule has 0 spiro atoms.